The topological polar surface area (TPSA) is 39.4 Å². The van der Waals surface area contributed by atoms with E-state index in [4.69, 9.17) is 9.15 Å². The molecule has 1 aromatic heterocycles. The normalized spacial score (nSPS) is 11.6. The second kappa shape index (κ2) is 5.34. The number of furan rings is 1. The fourth-order valence-corrected chi connectivity index (χ4v) is 2.41. The molecule has 22 heavy (non-hydrogen) atoms. The van der Waals surface area contributed by atoms with Gasteiger partial charge in [-0.15, -0.1) is 0 Å². The second-order valence-electron chi connectivity index (χ2n) is 6.17. The van der Waals surface area contributed by atoms with Gasteiger partial charge in [0.25, 0.3) is 0 Å². The molecule has 1 heterocycles. The first-order valence-corrected chi connectivity index (χ1v) is 7.26. The van der Waals surface area contributed by atoms with Crippen LogP contribution < -0.4 is 0 Å². The first kappa shape index (κ1) is 14.4. The van der Waals surface area contributed by atoms with Crippen LogP contribution in [0.2, 0.25) is 0 Å². The maximum atomic E-state index is 12.5. The third-order valence-electron chi connectivity index (χ3n) is 3.24. The van der Waals surface area contributed by atoms with Crippen molar-refractivity contribution in [1.29, 1.82) is 0 Å². The lowest BCUT2D eigenvalue weighted by Crippen LogP contribution is -2.23. The van der Waals surface area contributed by atoms with Gasteiger partial charge in [0.15, 0.2) is 0 Å². The first-order valence-electron chi connectivity index (χ1n) is 7.26. The van der Waals surface area contributed by atoms with Gasteiger partial charge in [-0.1, -0.05) is 48.5 Å². The van der Waals surface area contributed by atoms with E-state index in [2.05, 4.69) is 0 Å². The number of ether oxygens (including phenoxy) is 1. The van der Waals surface area contributed by atoms with Gasteiger partial charge < -0.3 is 9.15 Å². The predicted molar refractivity (Wildman–Crippen MR) is 86.8 cm³/mol. The Labute approximate surface area is 129 Å². The van der Waals surface area contributed by atoms with Crippen LogP contribution in [0.15, 0.2) is 59.0 Å². The lowest BCUT2D eigenvalue weighted by Gasteiger charge is -2.18. The lowest BCUT2D eigenvalue weighted by molar-refractivity contribution is 0.00394. The number of carbonyl (C=O) groups is 1. The smallest absolute Gasteiger partial charge is 0.375 e. The summed E-state index contributed by atoms with van der Waals surface area (Å²) in [6.45, 7) is 5.53. The first-order chi connectivity index (χ1) is 10.5. The van der Waals surface area contributed by atoms with Crippen LogP contribution in [0.3, 0.4) is 0 Å². The van der Waals surface area contributed by atoms with E-state index < -0.39 is 11.6 Å². The highest BCUT2D eigenvalue weighted by Crippen LogP contribution is 2.35. The van der Waals surface area contributed by atoms with Crippen molar-refractivity contribution in [2.45, 2.75) is 26.4 Å². The Hall–Kier alpha value is -2.55. The number of carbonyl (C=O) groups excluding carboxylic acids is 1. The van der Waals surface area contributed by atoms with Crippen molar-refractivity contribution in [3.05, 3.63) is 60.4 Å². The molecule has 0 bridgehead atoms. The summed E-state index contributed by atoms with van der Waals surface area (Å²) in [7, 11) is 0. The van der Waals surface area contributed by atoms with Gasteiger partial charge in [0.1, 0.15) is 11.2 Å². The molecule has 0 spiro atoms. The van der Waals surface area contributed by atoms with Crippen molar-refractivity contribution in [2.75, 3.05) is 0 Å². The van der Waals surface area contributed by atoms with Crippen LogP contribution in [-0.4, -0.2) is 11.6 Å². The van der Waals surface area contributed by atoms with Crippen LogP contribution in [-0.2, 0) is 4.74 Å². The summed E-state index contributed by atoms with van der Waals surface area (Å²) < 4.78 is 11.3. The van der Waals surface area contributed by atoms with E-state index in [-0.39, 0.29) is 5.76 Å². The van der Waals surface area contributed by atoms with Crippen LogP contribution in [0.5, 0.6) is 0 Å². The Morgan fingerprint density at radius 1 is 0.955 bits per heavy atom. The molecule has 0 aliphatic rings. The summed E-state index contributed by atoms with van der Waals surface area (Å²) in [4.78, 5) is 12.5. The molecule has 3 rings (SSSR count). The van der Waals surface area contributed by atoms with Gasteiger partial charge in [-0.2, -0.15) is 0 Å². The zero-order valence-electron chi connectivity index (χ0n) is 12.9. The van der Waals surface area contributed by atoms with Crippen molar-refractivity contribution >= 4 is 16.9 Å². The minimum absolute atomic E-state index is 0.252. The molecule has 0 saturated carbocycles. The summed E-state index contributed by atoms with van der Waals surface area (Å²) in [6, 6.07) is 17.4. The van der Waals surface area contributed by atoms with Crippen LogP contribution >= 0.6 is 0 Å². The molecule has 0 aliphatic carbocycles. The Bertz CT molecular complexity index is 808. The average molecular weight is 294 g/mol. The Kier molecular flexibility index (Phi) is 3.49. The number of rotatable bonds is 2. The van der Waals surface area contributed by atoms with Gasteiger partial charge in [0.05, 0.1) is 0 Å². The van der Waals surface area contributed by atoms with Crippen LogP contribution in [0.4, 0.5) is 0 Å². The Morgan fingerprint density at radius 3 is 2.27 bits per heavy atom. The summed E-state index contributed by atoms with van der Waals surface area (Å²) >= 11 is 0. The van der Waals surface area contributed by atoms with E-state index in [1.54, 1.807) is 0 Å². The van der Waals surface area contributed by atoms with Gasteiger partial charge >= 0.3 is 5.97 Å². The number of hydrogen-bond acceptors (Lipinski definition) is 3. The van der Waals surface area contributed by atoms with Gasteiger partial charge in [0, 0.05) is 10.9 Å². The minimum atomic E-state index is -0.565. The average Bonchev–Trinajstić information content (AvgIpc) is 2.86. The largest absolute Gasteiger partial charge is 0.454 e. The molecule has 2 aromatic carbocycles. The zero-order chi connectivity index (χ0) is 15.7. The van der Waals surface area contributed by atoms with Crippen LogP contribution in [0, 0.1) is 0 Å². The predicted octanol–water partition coefficient (Wildman–Crippen LogP) is 5.06. The van der Waals surface area contributed by atoms with Crippen molar-refractivity contribution < 1.29 is 13.9 Å². The third kappa shape index (κ3) is 2.75. The highest BCUT2D eigenvalue weighted by atomic mass is 16.6. The van der Waals surface area contributed by atoms with Gasteiger partial charge in [-0.25, -0.2) is 4.79 Å². The molecular formula is C19H18O3. The zero-order valence-corrected chi connectivity index (χ0v) is 12.9. The maximum absolute atomic E-state index is 12.5. The summed E-state index contributed by atoms with van der Waals surface area (Å²) in [5.74, 6) is -0.190. The number of benzene rings is 2. The molecule has 0 fully saturated rings. The van der Waals surface area contributed by atoms with E-state index in [1.165, 1.54) is 0 Å². The van der Waals surface area contributed by atoms with Crippen molar-refractivity contribution in [2.24, 2.45) is 0 Å². The molecule has 3 heteroatoms. The second-order valence-corrected chi connectivity index (χ2v) is 6.17. The van der Waals surface area contributed by atoms with Gasteiger partial charge in [-0.3, -0.25) is 0 Å². The minimum Gasteiger partial charge on any atom is -0.454 e. The number of hydrogen-bond donors (Lipinski definition) is 0. The summed E-state index contributed by atoms with van der Waals surface area (Å²) in [5, 5.41) is 0.912. The summed E-state index contributed by atoms with van der Waals surface area (Å²) in [5.41, 5.74) is 1.84. The van der Waals surface area contributed by atoms with Crippen molar-refractivity contribution in [1.82, 2.24) is 0 Å². The number of para-hydroxylation sites is 1. The van der Waals surface area contributed by atoms with Crippen LogP contribution in [0.1, 0.15) is 31.3 Å². The molecule has 0 atom stereocenters. The molecule has 0 saturated heterocycles. The Morgan fingerprint density at radius 2 is 1.59 bits per heavy atom. The molecule has 112 valence electrons. The molecule has 0 N–H and O–H groups in total. The number of fused-ring (bicyclic) bond motifs is 1. The van der Waals surface area contributed by atoms with E-state index in [9.17, 15) is 4.79 Å². The highest BCUT2D eigenvalue weighted by molar-refractivity contribution is 6.06. The summed E-state index contributed by atoms with van der Waals surface area (Å²) in [6.07, 6.45) is 0. The van der Waals surface area contributed by atoms with Crippen molar-refractivity contribution in [3.8, 4) is 11.1 Å². The fraction of sp³-hybridized carbons (Fsp3) is 0.211. The van der Waals surface area contributed by atoms with Crippen molar-refractivity contribution in [3.63, 3.8) is 0 Å². The van der Waals surface area contributed by atoms with E-state index in [0.29, 0.717) is 5.58 Å². The van der Waals surface area contributed by atoms with E-state index in [0.717, 1.165) is 16.5 Å². The molecule has 0 amide bonds. The van der Waals surface area contributed by atoms with Gasteiger partial charge in [-0.05, 0) is 32.4 Å². The SMILES string of the molecule is CC(C)(C)OC(=O)c1oc2ccccc2c1-c1ccccc1. The molecule has 3 aromatic rings. The Balaban J connectivity index is 2.20. The number of esters is 1. The molecule has 3 nitrogen and oxygen atoms in total. The molecule has 0 unspecified atom stereocenters. The fourth-order valence-electron chi connectivity index (χ4n) is 2.41. The highest BCUT2D eigenvalue weighted by Gasteiger charge is 2.26. The van der Waals surface area contributed by atoms with E-state index in [1.807, 2.05) is 75.4 Å². The van der Waals surface area contributed by atoms with E-state index >= 15 is 0 Å². The molecular weight excluding hydrogens is 276 g/mol. The quantitative estimate of drug-likeness (QED) is 0.620. The van der Waals surface area contributed by atoms with Crippen LogP contribution in [0.25, 0.3) is 22.1 Å². The lowest BCUT2D eigenvalue weighted by atomic mass is 10.0. The maximum Gasteiger partial charge on any atom is 0.375 e. The third-order valence-corrected chi connectivity index (χ3v) is 3.24. The standard InChI is InChI=1S/C19H18O3/c1-19(2,3)22-18(20)17-16(13-9-5-4-6-10-13)14-11-7-8-12-15(14)21-17/h4-12H,1-3H3. The molecule has 0 aliphatic heterocycles. The van der Waals surface area contributed by atoms with Gasteiger partial charge in [0.2, 0.25) is 5.76 Å². The molecule has 0 radical (unpaired) electrons. The monoisotopic (exact) mass is 294 g/mol.